The Morgan fingerprint density at radius 2 is 0.903 bits per heavy atom. The van der Waals surface area contributed by atoms with Gasteiger partial charge in [0.05, 0.1) is 62.3 Å². The molecule has 0 aliphatic heterocycles. The fourth-order valence-electron chi connectivity index (χ4n) is 8.60. The summed E-state index contributed by atoms with van der Waals surface area (Å²) < 4.78 is 50.2. The topological polar surface area (TPSA) is 135 Å². The van der Waals surface area contributed by atoms with Crippen molar-refractivity contribution in [2.24, 2.45) is 0 Å². The Morgan fingerprint density at radius 3 is 1.34 bits per heavy atom. The zero-order chi connectivity index (χ0) is 43.0. The number of fused-ring (bicyclic) bond motifs is 6. The van der Waals surface area contributed by atoms with Gasteiger partial charge in [0.1, 0.15) is 23.3 Å². The Hall–Kier alpha value is -8.29. The molecule has 4 aromatic heterocycles. The molecule has 62 heavy (non-hydrogen) atoms. The van der Waals surface area contributed by atoms with Crippen molar-refractivity contribution >= 4 is 43.6 Å². The van der Waals surface area contributed by atoms with Crippen LogP contribution in [0.3, 0.4) is 0 Å². The van der Waals surface area contributed by atoms with Gasteiger partial charge < -0.3 is 9.13 Å². The van der Waals surface area contributed by atoms with Gasteiger partial charge in [-0.1, -0.05) is 42.5 Å². The number of aryl methyl sites for hydroxylation is 4. The zero-order valence-corrected chi connectivity index (χ0v) is 33.6. The Balaban J connectivity index is 1.35. The molecule has 10 rings (SSSR count). The Kier molecular flexibility index (Phi) is 8.68. The number of aromatic nitrogens is 8. The molecule has 10 aromatic rings. The third-order valence-electron chi connectivity index (χ3n) is 11.0. The Bertz CT molecular complexity index is 3370. The van der Waals surface area contributed by atoms with E-state index in [9.17, 15) is 10.5 Å². The Morgan fingerprint density at radius 1 is 0.468 bits per heavy atom. The number of rotatable bonds is 5. The van der Waals surface area contributed by atoms with Crippen molar-refractivity contribution in [2.45, 2.75) is 33.9 Å². The fourth-order valence-corrected chi connectivity index (χ4v) is 8.60. The van der Waals surface area contributed by atoms with Crippen LogP contribution in [0.15, 0.2) is 115 Å². The molecular weight excluding hydrogens is 786 g/mol. The van der Waals surface area contributed by atoms with Crippen LogP contribution in [0.2, 0.25) is 0 Å². The van der Waals surface area contributed by atoms with E-state index in [1.165, 1.54) is 12.1 Å². The van der Waals surface area contributed by atoms with Crippen LogP contribution in [-0.4, -0.2) is 39.0 Å². The number of hydrogen-bond donors (Lipinski definition) is 0. The standard InChI is InChI=1S/C49H31F3N10/c1-26-55-27(2)58-47(57-26)32-14-17-42-37(22-32)34-9-5-7-11-40(34)61(42)44-20-31(25-54)21-45(46(44)36-16-13-30(24-53)19-39(36)49(50,51)52)62-41-12-8-6-10-35(41)38-23-33(15-18-43(38)62)48-59-28(3)56-29(4)60-48/h5-23H,1-4H3. The third-order valence-corrected chi connectivity index (χ3v) is 11.0. The van der Waals surface area contributed by atoms with Crippen LogP contribution in [0.25, 0.3) is 88.9 Å². The molecule has 0 unspecified atom stereocenters. The summed E-state index contributed by atoms with van der Waals surface area (Å²) >= 11 is 0. The van der Waals surface area contributed by atoms with E-state index in [1.807, 2.05) is 100 Å². The highest BCUT2D eigenvalue weighted by molar-refractivity contribution is 6.13. The average Bonchev–Trinajstić information content (AvgIpc) is 3.77. The maximum atomic E-state index is 15.5. The minimum absolute atomic E-state index is 0.140. The predicted octanol–water partition coefficient (Wildman–Crippen LogP) is 11.2. The van der Waals surface area contributed by atoms with Crippen LogP contribution in [-0.2, 0) is 6.18 Å². The number of hydrogen-bond acceptors (Lipinski definition) is 8. The SMILES string of the molecule is Cc1nc(C)nc(-c2ccc3c(c2)c2ccccc2n3-c2cc(C#N)cc(-n3c4ccccc4c4cc(-c5nc(C)nc(C)n5)ccc43)c2-c2ccc(C#N)cc2C(F)(F)F)n1. The van der Waals surface area contributed by atoms with E-state index in [0.29, 0.717) is 68.4 Å². The summed E-state index contributed by atoms with van der Waals surface area (Å²) in [6.07, 6.45) is -4.86. The van der Waals surface area contributed by atoms with Crippen molar-refractivity contribution in [3.63, 3.8) is 0 Å². The summed E-state index contributed by atoms with van der Waals surface area (Å²) in [7, 11) is 0. The van der Waals surface area contributed by atoms with Crippen molar-refractivity contribution in [2.75, 3.05) is 0 Å². The molecule has 0 saturated heterocycles. The summed E-state index contributed by atoms with van der Waals surface area (Å²) in [5.41, 5.74) is 4.01. The van der Waals surface area contributed by atoms with Crippen molar-refractivity contribution in [1.29, 1.82) is 10.5 Å². The molecule has 10 nitrogen and oxygen atoms in total. The van der Waals surface area contributed by atoms with Gasteiger partial charge in [-0.3, -0.25) is 0 Å². The molecule has 0 radical (unpaired) electrons. The van der Waals surface area contributed by atoms with Crippen molar-refractivity contribution in [1.82, 2.24) is 39.0 Å². The molecular formula is C49H31F3N10. The molecule has 0 spiro atoms. The van der Waals surface area contributed by atoms with Gasteiger partial charge in [0.25, 0.3) is 0 Å². The number of alkyl halides is 3. The molecule has 13 heteroatoms. The van der Waals surface area contributed by atoms with Gasteiger partial charge in [-0.25, -0.2) is 29.9 Å². The first-order valence-electron chi connectivity index (χ1n) is 19.6. The molecule has 0 aliphatic carbocycles. The molecule has 0 saturated carbocycles. The maximum absolute atomic E-state index is 15.5. The third kappa shape index (κ3) is 6.18. The highest BCUT2D eigenvalue weighted by atomic mass is 19.4. The molecule has 0 aliphatic rings. The van der Waals surface area contributed by atoms with E-state index in [2.05, 4.69) is 36.0 Å². The monoisotopic (exact) mass is 816 g/mol. The second kappa shape index (κ2) is 14.2. The van der Waals surface area contributed by atoms with Crippen molar-refractivity contribution < 1.29 is 13.2 Å². The number of halogens is 3. The second-order valence-corrected chi connectivity index (χ2v) is 15.0. The zero-order valence-electron chi connectivity index (χ0n) is 33.6. The fraction of sp³-hybridized carbons (Fsp3) is 0.102. The average molecular weight is 817 g/mol. The molecule has 0 atom stereocenters. The van der Waals surface area contributed by atoms with E-state index in [0.717, 1.165) is 38.7 Å². The van der Waals surface area contributed by atoms with Gasteiger partial charge in [-0.05, 0) is 106 Å². The predicted molar refractivity (Wildman–Crippen MR) is 232 cm³/mol. The lowest BCUT2D eigenvalue weighted by molar-refractivity contribution is -0.137. The van der Waals surface area contributed by atoms with Crippen LogP contribution >= 0.6 is 0 Å². The lowest BCUT2D eigenvalue weighted by atomic mass is 9.92. The van der Waals surface area contributed by atoms with Gasteiger partial charge >= 0.3 is 6.18 Å². The van der Waals surface area contributed by atoms with Crippen LogP contribution in [0.1, 0.15) is 40.0 Å². The highest BCUT2D eigenvalue weighted by Crippen LogP contribution is 2.47. The highest BCUT2D eigenvalue weighted by Gasteiger charge is 2.36. The molecule has 4 heterocycles. The first kappa shape index (κ1) is 37.9. The van der Waals surface area contributed by atoms with Crippen molar-refractivity contribution in [3.8, 4) is 57.4 Å². The summed E-state index contributed by atoms with van der Waals surface area (Å²) in [6, 6.07) is 37.9. The van der Waals surface area contributed by atoms with Crippen LogP contribution < -0.4 is 0 Å². The summed E-state index contributed by atoms with van der Waals surface area (Å²) in [6.45, 7) is 7.20. The normalized spacial score (nSPS) is 11.8. The first-order valence-corrected chi connectivity index (χ1v) is 19.6. The molecule has 0 amide bonds. The minimum Gasteiger partial charge on any atom is -0.308 e. The number of nitriles is 2. The van der Waals surface area contributed by atoms with Crippen LogP contribution in [0.4, 0.5) is 13.2 Å². The number of benzene rings is 6. The van der Waals surface area contributed by atoms with E-state index in [1.54, 1.807) is 39.8 Å². The van der Waals surface area contributed by atoms with Gasteiger partial charge in [0, 0.05) is 38.2 Å². The molecule has 298 valence electrons. The maximum Gasteiger partial charge on any atom is 0.417 e. The first-order chi connectivity index (χ1) is 29.9. The number of para-hydroxylation sites is 2. The summed E-state index contributed by atoms with van der Waals surface area (Å²) in [5.74, 6) is 3.26. The van der Waals surface area contributed by atoms with Crippen LogP contribution in [0.5, 0.6) is 0 Å². The minimum atomic E-state index is -4.86. The molecule has 0 bridgehead atoms. The van der Waals surface area contributed by atoms with E-state index in [4.69, 9.17) is 0 Å². The van der Waals surface area contributed by atoms with Gasteiger partial charge in [0.15, 0.2) is 11.6 Å². The molecule has 0 fully saturated rings. The lowest BCUT2D eigenvalue weighted by Crippen LogP contribution is -2.11. The van der Waals surface area contributed by atoms with E-state index in [-0.39, 0.29) is 22.3 Å². The van der Waals surface area contributed by atoms with Gasteiger partial charge in [-0.2, -0.15) is 23.7 Å². The largest absolute Gasteiger partial charge is 0.417 e. The van der Waals surface area contributed by atoms with Crippen molar-refractivity contribution in [3.05, 3.63) is 155 Å². The van der Waals surface area contributed by atoms with Gasteiger partial charge in [0.2, 0.25) is 0 Å². The van der Waals surface area contributed by atoms with E-state index < -0.39 is 11.7 Å². The lowest BCUT2D eigenvalue weighted by Gasteiger charge is -2.23. The van der Waals surface area contributed by atoms with E-state index >= 15 is 13.2 Å². The quantitative estimate of drug-likeness (QED) is 0.168. The van der Waals surface area contributed by atoms with Crippen LogP contribution in [0, 0.1) is 50.4 Å². The number of nitrogens with zero attached hydrogens (tertiary/aromatic N) is 10. The Labute approximate surface area is 351 Å². The molecule has 0 N–H and O–H groups in total. The summed E-state index contributed by atoms with van der Waals surface area (Å²) in [5, 5.41) is 23.8. The van der Waals surface area contributed by atoms with Gasteiger partial charge in [-0.15, -0.1) is 0 Å². The smallest absolute Gasteiger partial charge is 0.308 e. The molecule has 6 aromatic carbocycles. The second-order valence-electron chi connectivity index (χ2n) is 15.0. The summed E-state index contributed by atoms with van der Waals surface area (Å²) in [4.78, 5) is 27.0.